The molecule has 5 nitrogen and oxygen atoms in total. The van der Waals surface area contributed by atoms with Crippen LogP contribution in [0.15, 0.2) is 39.0 Å². The molecule has 0 fully saturated rings. The van der Waals surface area contributed by atoms with E-state index >= 15 is 0 Å². The molecule has 0 radical (unpaired) electrons. The first-order valence-corrected chi connectivity index (χ1v) is 8.15. The van der Waals surface area contributed by atoms with Crippen molar-refractivity contribution in [2.45, 2.75) is 4.90 Å². The zero-order chi connectivity index (χ0) is 14.0. The van der Waals surface area contributed by atoms with Crippen molar-refractivity contribution in [3.8, 4) is 6.07 Å². The number of anilines is 2. The van der Waals surface area contributed by atoms with Crippen LogP contribution >= 0.6 is 27.3 Å². The van der Waals surface area contributed by atoms with Crippen molar-refractivity contribution in [1.29, 1.82) is 5.26 Å². The molecule has 1 aromatic heterocycles. The summed E-state index contributed by atoms with van der Waals surface area (Å²) in [6.07, 6.45) is 0. The maximum atomic E-state index is 12.1. The van der Waals surface area contributed by atoms with Gasteiger partial charge in [-0.15, -0.1) is 11.3 Å². The fraction of sp³-hybridized carbons (Fsp3) is 0. The Bertz CT molecular complexity index is 762. The van der Waals surface area contributed by atoms with Gasteiger partial charge in [-0.2, -0.15) is 5.26 Å². The number of thiophene rings is 1. The first kappa shape index (κ1) is 13.9. The van der Waals surface area contributed by atoms with Gasteiger partial charge in [-0.05, 0) is 45.6 Å². The molecule has 2 rings (SSSR count). The molecule has 3 N–H and O–H groups in total. The fourth-order valence-electron chi connectivity index (χ4n) is 1.35. The van der Waals surface area contributed by atoms with E-state index in [2.05, 4.69) is 20.7 Å². The summed E-state index contributed by atoms with van der Waals surface area (Å²) in [6.45, 7) is 0. The predicted octanol–water partition coefficient (Wildman–Crippen LogP) is 2.77. The molecule has 0 aliphatic heterocycles. The van der Waals surface area contributed by atoms with Gasteiger partial charge in [0, 0.05) is 10.2 Å². The number of hydrogen-bond acceptors (Lipinski definition) is 5. The lowest BCUT2D eigenvalue weighted by atomic mass is 10.3. The first-order valence-electron chi connectivity index (χ1n) is 4.99. The Morgan fingerprint density at radius 3 is 2.74 bits per heavy atom. The number of benzene rings is 1. The SMILES string of the molecule is N#Cc1ccsc1NS(=O)(=O)c1ccc(Br)c(N)c1. The number of nitriles is 1. The highest BCUT2D eigenvalue weighted by Crippen LogP contribution is 2.27. The van der Waals surface area contributed by atoms with E-state index in [-0.39, 0.29) is 4.90 Å². The van der Waals surface area contributed by atoms with Crippen LogP contribution < -0.4 is 10.5 Å². The van der Waals surface area contributed by atoms with Crippen LogP contribution in [0.2, 0.25) is 0 Å². The number of hydrogen-bond donors (Lipinski definition) is 2. The molecule has 0 bridgehead atoms. The molecule has 1 heterocycles. The van der Waals surface area contributed by atoms with Gasteiger partial charge in [0.15, 0.2) is 0 Å². The summed E-state index contributed by atoms with van der Waals surface area (Å²) in [6, 6.07) is 7.82. The van der Waals surface area contributed by atoms with Crippen molar-refractivity contribution in [2.75, 3.05) is 10.5 Å². The van der Waals surface area contributed by atoms with Crippen LogP contribution in [0.4, 0.5) is 10.7 Å². The molecular weight excluding hydrogens is 350 g/mol. The minimum atomic E-state index is -3.75. The Morgan fingerprint density at radius 2 is 2.11 bits per heavy atom. The number of nitrogens with one attached hydrogen (secondary N) is 1. The van der Waals surface area contributed by atoms with E-state index < -0.39 is 10.0 Å². The van der Waals surface area contributed by atoms with Gasteiger partial charge in [0.1, 0.15) is 11.1 Å². The van der Waals surface area contributed by atoms with E-state index in [9.17, 15) is 8.42 Å². The fourth-order valence-corrected chi connectivity index (χ4v) is 3.70. The lowest BCUT2D eigenvalue weighted by Crippen LogP contribution is -2.13. The van der Waals surface area contributed by atoms with Gasteiger partial charge in [-0.1, -0.05) is 0 Å². The van der Waals surface area contributed by atoms with Crippen molar-refractivity contribution in [2.24, 2.45) is 0 Å². The zero-order valence-electron chi connectivity index (χ0n) is 9.42. The van der Waals surface area contributed by atoms with Crippen LogP contribution in [0.3, 0.4) is 0 Å². The zero-order valence-corrected chi connectivity index (χ0v) is 12.6. The van der Waals surface area contributed by atoms with E-state index in [0.29, 0.717) is 20.7 Å². The summed E-state index contributed by atoms with van der Waals surface area (Å²) in [5, 5.41) is 10.8. The third kappa shape index (κ3) is 2.89. The molecule has 0 unspecified atom stereocenters. The molecule has 1 aromatic carbocycles. The van der Waals surface area contributed by atoms with E-state index in [1.165, 1.54) is 12.1 Å². The Hall–Kier alpha value is -1.56. The largest absolute Gasteiger partial charge is 0.398 e. The van der Waals surface area contributed by atoms with Crippen LogP contribution in [0, 0.1) is 11.3 Å². The van der Waals surface area contributed by atoms with Crippen LogP contribution in [0.1, 0.15) is 5.56 Å². The average molecular weight is 358 g/mol. The van der Waals surface area contributed by atoms with Gasteiger partial charge in [0.25, 0.3) is 10.0 Å². The number of sulfonamides is 1. The van der Waals surface area contributed by atoms with Crippen molar-refractivity contribution < 1.29 is 8.42 Å². The maximum Gasteiger partial charge on any atom is 0.262 e. The molecule has 0 amide bonds. The summed E-state index contributed by atoms with van der Waals surface area (Å²) in [4.78, 5) is 0.0467. The summed E-state index contributed by atoms with van der Waals surface area (Å²) in [7, 11) is -3.75. The first-order chi connectivity index (χ1) is 8.94. The monoisotopic (exact) mass is 357 g/mol. The minimum absolute atomic E-state index is 0.0467. The average Bonchev–Trinajstić information content (AvgIpc) is 2.79. The molecule has 2 aromatic rings. The Morgan fingerprint density at radius 1 is 1.37 bits per heavy atom. The molecule has 0 atom stereocenters. The van der Waals surface area contributed by atoms with E-state index in [0.717, 1.165) is 11.3 Å². The topological polar surface area (TPSA) is 96.0 Å². The molecule has 8 heteroatoms. The van der Waals surface area contributed by atoms with E-state index in [1.54, 1.807) is 17.5 Å². The Labute approximate surface area is 122 Å². The summed E-state index contributed by atoms with van der Waals surface area (Å²) in [5.74, 6) is 0. The third-order valence-electron chi connectivity index (χ3n) is 2.29. The number of rotatable bonds is 3. The van der Waals surface area contributed by atoms with Crippen molar-refractivity contribution in [3.05, 3.63) is 39.7 Å². The predicted molar refractivity (Wildman–Crippen MR) is 78.4 cm³/mol. The molecule has 19 heavy (non-hydrogen) atoms. The highest BCUT2D eigenvalue weighted by Gasteiger charge is 2.17. The van der Waals surface area contributed by atoms with Crippen molar-refractivity contribution in [3.63, 3.8) is 0 Å². The normalized spacial score (nSPS) is 10.9. The highest BCUT2D eigenvalue weighted by atomic mass is 79.9. The second-order valence-corrected chi connectivity index (χ2v) is 7.02. The lowest BCUT2D eigenvalue weighted by Gasteiger charge is -2.08. The molecule has 0 saturated heterocycles. The number of halogens is 1. The summed E-state index contributed by atoms with van der Waals surface area (Å²) >= 11 is 4.35. The standard InChI is InChI=1S/C11H8BrN3O2S2/c12-9-2-1-8(5-10(9)14)19(16,17)15-11-7(6-13)3-4-18-11/h1-5,15H,14H2. The van der Waals surface area contributed by atoms with Gasteiger partial charge in [-0.25, -0.2) is 8.42 Å². The Kier molecular flexibility index (Phi) is 3.80. The smallest absolute Gasteiger partial charge is 0.262 e. The molecule has 0 aliphatic carbocycles. The van der Waals surface area contributed by atoms with E-state index in [4.69, 9.17) is 11.0 Å². The van der Waals surface area contributed by atoms with Gasteiger partial charge < -0.3 is 5.73 Å². The van der Waals surface area contributed by atoms with Crippen LogP contribution in [0.5, 0.6) is 0 Å². The van der Waals surface area contributed by atoms with Crippen molar-refractivity contribution in [1.82, 2.24) is 0 Å². The highest BCUT2D eigenvalue weighted by molar-refractivity contribution is 9.10. The second kappa shape index (κ2) is 5.21. The molecule has 98 valence electrons. The van der Waals surface area contributed by atoms with Gasteiger partial charge >= 0.3 is 0 Å². The maximum absolute atomic E-state index is 12.1. The number of nitrogens with zero attached hydrogens (tertiary/aromatic N) is 1. The number of nitrogens with two attached hydrogens (primary N) is 1. The van der Waals surface area contributed by atoms with Gasteiger partial charge in [-0.3, -0.25) is 4.72 Å². The van der Waals surface area contributed by atoms with Gasteiger partial charge in [0.2, 0.25) is 0 Å². The van der Waals surface area contributed by atoms with Crippen LogP contribution in [-0.4, -0.2) is 8.42 Å². The molecule has 0 saturated carbocycles. The second-order valence-electron chi connectivity index (χ2n) is 3.56. The summed E-state index contributed by atoms with van der Waals surface area (Å²) in [5.41, 5.74) is 6.28. The van der Waals surface area contributed by atoms with Crippen LogP contribution in [-0.2, 0) is 10.0 Å². The van der Waals surface area contributed by atoms with E-state index in [1.807, 2.05) is 6.07 Å². The minimum Gasteiger partial charge on any atom is -0.398 e. The molecule has 0 spiro atoms. The molecule has 0 aliphatic rings. The molecular formula is C11H8BrN3O2S2. The lowest BCUT2D eigenvalue weighted by molar-refractivity contribution is 0.601. The number of nitrogen functional groups attached to an aromatic ring is 1. The van der Waals surface area contributed by atoms with Crippen LogP contribution in [0.25, 0.3) is 0 Å². The quantitative estimate of drug-likeness (QED) is 0.825. The third-order valence-corrected chi connectivity index (χ3v) is 5.32. The summed E-state index contributed by atoms with van der Waals surface area (Å²) < 4.78 is 27.3. The Balaban J connectivity index is 2.38. The van der Waals surface area contributed by atoms with Crippen molar-refractivity contribution >= 4 is 48.0 Å². The van der Waals surface area contributed by atoms with Gasteiger partial charge in [0.05, 0.1) is 10.5 Å².